The lowest BCUT2D eigenvalue weighted by molar-refractivity contribution is 0.0698. The van der Waals surface area contributed by atoms with Crippen molar-refractivity contribution in [2.45, 2.75) is 18.7 Å². The topological polar surface area (TPSA) is 75.5 Å². The monoisotopic (exact) mass is 460 g/mol. The van der Waals surface area contributed by atoms with Gasteiger partial charge in [-0.25, -0.2) is 21.9 Å². The van der Waals surface area contributed by atoms with Crippen molar-refractivity contribution in [2.24, 2.45) is 0 Å². The van der Waals surface area contributed by atoms with E-state index >= 15 is 0 Å². The molecular weight excluding hydrogens is 438 g/mol. The fraction of sp³-hybridized carbons (Fsp3) is 0.273. The lowest BCUT2D eigenvalue weighted by atomic mass is 10.1. The third kappa shape index (κ3) is 4.15. The van der Waals surface area contributed by atoms with Gasteiger partial charge in [0.05, 0.1) is 16.3 Å². The van der Waals surface area contributed by atoms with E-state index in [1.807, 2.05) is 32.0 Å². The van der Waals surface area contributed by atoms with Gasteiger partial charge < -0.3 is 4.90 Å². The number of piperazine rings is 1. The number of halogens is 2. The Morgan fingerprint density at radius 1 is 0.906 bits per heavy atom. The lowest BCUT2D eigenvalue weighted by Crippen LogP contribution is -2.50. The van der Waals surface area contributed by atoms with Crippen LogP contribution in [0.15, 0.2) is 53.4 Å². The molecule has 1 fully saturated rings. The van der Waals surface area contributed by atoms with Crippen molar-refractivity contribution in [3.8, 4) is 5.69 Å². The molecule has 168 valence electrons. The second kappa shape index (κ2) is 8.44. The van der Waals surface area contributed by atoms with Gasteiger partial charge in [0.2, 0.25) is 10.0 Å². The van der Waals surface area contributed by atoms with Gasteiger partial charge in [0.15, 0.2) is 11.6 Å². The summed E-state index contributed by atoms with van der Waals surface area (Å²) in [7, 11) is -3.97. The van der Waals surface area contributed by atoms with Crippen LogP contribution in [0.3, 0.4) is 0 Å². The molecule has 10 heteroatoms. The van der Waals surface area contributed by atoms with Gasteiger partial charge in [-0.1, -0.05) is 0 Å². The first-order chi connectivity index (χ1) is 15.2. The van der Waals surface area contributed by atoms with Gasteiger partial charge in [-0.05, 0) is 62.4 Å². The van der Waals surface area contributed by atoms with E-state index in [2.05, 4.69) is 5.10 Å². The summed E-state index contributed by atoms with van der Waals surface area (Å²) in [6, 6.07) is 11.5. The summed E-state index contributed by atoms with van der Waals surface area (Å²) in [4.78, 5) is 14.1. The SMILES string of the molecule is Cc1cc(C)n(-c2ccc(C(=O)N3CCN(S(=O)(=O)c4ccc(F)c(F)c4)CC3)cc2)n1. The number of rotatable bonds is 4. The lowest BCUT2D eigenvalue weighted by Gasteiger charge is -2.34. The van der Waals surface area contributed by atoms with Gasteiger partial charge in [0.25, 0.3) is 5.91 Å². The molecule has 1 aliphatic rings. The van der Waals surface area contributed by atoms with Gasteiger partial charge >= 0.3 is 0 Å². The van der Waals surface area contributed by atoms with Gasteiger partial charge in [-0.2, -0.15) is 9.40 Å². The van der Waals surface area contributed by atoms with Crippen LogP contribution < -0.4 is 0 Å². The summed E-state index contributed by atoms with van der Waals surface area (Å²) in [5, 5.41) is 4.43. The van der Waals surface area contributed by atoms with Gasteiger partial charge in [0.1, 0.15) is 0 Å². The highest BCUT2D eigenvalue weighted by molar-refractivity contribution is 7.89. The molecule has 0 bridgehead atoms. The van der Waals surface area contributed by atoms with E-state index in [1.165, 1.54) is 4.31 Å². The quantitative estimate of drug-likeness (QED) is 0.600. The zero-order chi connectivity index (χ0) is 23.0. The van der Waals surface area contributed by atoms with E-state index in [0.29, 0.717) is 11.6 Å². The second-order valence-corrected chi connectivity index (χ2v) is 9.60. The van der Waals surface area contributed by atoms with Crippen LogP contribution in [0.25, 0.3) is 5.69 Å². The number of aromatic nitrogens is 2. The van der Waals surface area contributed by atoms with Crippen molar-refractivity contribution < 1.29 is 22.0 Å². The van der Waals surface area contributed by atoms with E-state index in [1.54, 1.807) is 21.7 Å². The molecule has 0 atom stereocenters. The molecule has 0 N–H and O–H groups in total. The first kappa shape index (κ1) is 22.1. The maximum atomic E-state index is 13.5. The minimum Gasteiger partial charge on any atom is -0.336 e. The summed E-state index contributed by atoms with van der Waals surface area (Å²) in [6.07, 6.45) is 0. The molecule has 2 heterocycles. The Balaban J connectivity index is 1.43. The van der Waals surface area contributed by atoms with Crippen molar-refractivity contribution in [3.05, 3.63) is 77.1 Å². The summed E-state index contributed by atoms with van der Waals surface area (Å²) in [6.45, 7) is 4.39. The van der Waals surface area contributed by atoms with E-state index in [-0.39, 0.29) is 37.0 Å². The molecule has 7 nitrogen and oxygen atoms in total. The Hall–Kier alpha value is -3.11. The predicted octanol–water partition coefficient (Wildman–Crippen LogP) is 2.91. The Kier molecular flexibility index (Phi) is 5.83. The van der Waals surface area contributed by atoms with E-state index in [9.17, 15) is 22.0 Å². The Morgan fingerprint density at radius 3 is 2.12 bits per heavy atom. The maximum absolute atomic E-state index is 13.5. The predicted molar refractivity (Wildman–Crippen MR) is 114 cm³/mol. The van der Waals surface area contributed by atoms with Crippen molar-refractivity contribution in [2.75, 3.05) is 26.2 Å². The number of hydrogen-bond donors (Lipinski definition) is 0. The highest BCUT2D eigenvalue weighted by Gasteiger charge is 2.31. The smallest absolute Gasteiger partial charge is 0.253 e. The third-order valence-electron chi connectivity index (χ3n) is 5.42. The summed E-state index contributed by atoms with van der Waals surface area (Å²) in [5.74, 6) is -2.53. The van der Waals surface area contributed by atoms with Crippen LogP contribution in [0.4, 0.5) is 8.78 Å². The highest BCUT2D eigenvalue weighted by Crippen LogP contribution is 2.21. The van der Waals surface area contributed by atoms with Crippen LogP contribution in [0.5, 0.6) is 0 Å². The first-order valence-corrected chi connectivity index (χ1v) is 11.5. The average molecular weight is 461 g/mol. The molecule has 32 heavy (non-hydrogen) atoms. The molecule has 1 saturated heterocycles. The van der Waals surface area contributed by atoms with Crippen molar-refractivity contribution in [1.82, 2.24) is 19.0 Å². The number of nitrogens with zero attached hydrogens (tertiary/aromatic N) is 4. The second-order valence-electron chi connectivity index (χ2n) is 7.66. The standard InChI is InChI=1S/C22H22F2N4O3S/c1-15-13-16(2)28(25-15)18-5-3-17(4-6-18)22(29)26-9-11-27(12-10-26)32(30,31)19-7-8-20(23)21(24)14-19/h3-8,13-14H,9-12H2,1-2H3. The largest absolute Gasteiger partial charge is 0.336 e. The number of benzene rings is 2. The Bertz CT molecular complexity index is 1260. The van der Waals surface area contributed by atoms with Crippen molar-refractivity contribution >= 4 is 15.9 Å². The normalized spacial score (nSPS) is 15.2. The molecule has 1 amide bonds. The van der Waals surface area contributed by atoms with Gasteiger partial charge in [-0.15, -0.1) is 0 Å². The number of carbonyl (C=O) groups is 1. The number of carbonyl (C=O) groups excluding carboxylic acids is 1. The van der Waals surface area contributed by atoms with E-state index in [4.69, 9.17) is 0 Å². The van der Waals surface area contributed by atoms with Crippen molar-refractivity contribution in [3.63, 3.8) is 0 Å². The molecule has 0 radical (unpaired) electrons. The highest BCUT2D eigenvalue weighted by atomic mass is 32.2. The molecule has 3 aromatic rings. The summed E-state index contributed by atoms with van der Waals surface area (Å²) in [5.41, 5.74) is 3.22. The third-order valence-corrected chi connectivity index (χ3v) is 7.32. The van der Waals surface area contributed by atoms with Crippen LogP contribution in [0.1, 0.15) is 21.7 Å². The number of aryl methyl sites for hydroxylation is 2. The van der Waals surface area contributed by atoms with Gasteiger partial charge in [0, 0.05) is 37.4 Å². The molecule has 2 aromatic carbocycles. The first-order valence-electron chi connectivity index (χ1n) is 10.0. The van der Waals surface area contributed by atoms with Crippen LogP contribution in [0.2, 0.25) is 0 Å². The summed E-state index contributed by atoms with van der Waals surface area (Å²) >= 11 is 0. The fourth-order valence-corrected chi connectivity index (χ4v) is 5.17. The molecule has 0 unspecified atom stereocenters. The molecule has 0 spiro atoms. The van der Waals surface area contributed by atoms with Crippen LogP contribution in [-0.2, 0) is 10.0 Å². The minimum absolute atomic E-state index is 0.0664. The van der Waals surface area contributed by atoms with Crippen molar-refractivity contribution in [1.29, 1.82) is 0 Å². The van der Waals surface area contributed by atoms with Crippen LogP contribution in [-0.4, -0.2) is 59.5 Å². The zero-order valence-electron chi connectivity index (χ0n) is 17.6. The summed E-state index contributed by atoms with van der Waals surface area (Å²) < 4.78 is 55.0. The number of hydrogen-bond acceptors (Lipinski definition) is 4. The van der Waals surface area contributed by atoms with Gasteiger partial charge in [-0.3, -0.25) is 4.79 Å². The Morgan fingerprint density at radius 2 is 1.56 bits per heavy atom. The zero-order valence-corrected chi connectivity index (χ0v) is 18.4. The van der Waals surface area contributed by atoms with Crippen LogP contribution >= 0.6 is 0 Å². The molecule has 4 rings (SSSR count). The maximum Gasteiger partial charge on any atom is 0.253 e. The molecule has 1 aliphatic heterocycles. The number of amides is 1. The van der Waals surface area contributed by atoms with E-state index < -0.39 is 21.7 Å². The molecule has 0 saturated carbocycles. The molecular formula is C22H22F2N4O3S. The average Bonchev–Trinajstić information content (AvgIpc) is 3.13. The molecule has 0 aliphatic carbocycles. The molecule has 1 aromatic heterocycles. The Labute approximate surface area is 184 Å². The minimum atomic E-state index is -3.97. The van der Waals surface area contributed by atoms with E-state index in [0.717, 1.165) is 29.2 Å². The van der Waals surface area contributed by atoms with Crippen LogP contribution in [0, 0.1) is 25.5 Å². The fourth-order valence-electron chi connectivity index (χ4n) is 3.74. The number of sulfonamides is 1.